The highest BCUT2D eigenvalue weighted by molar-refractivity contribution is 5.77. The second-order valence-electron chi connectivity index (χ2n) is 7.00. The minimum Gasteiger partial charge on any atom is -0.378 e. The lowest BCUT2D eigenvalue weighted by atomic mass is 9.86. The summed E-state index contributed by atoms with van der Waals surface area (Å²) in [6.07, 6.45) is 2.66. The van der Waals surface area contributed by atoms with Crippen LogP contribution in [-0.2, 0) is 14.9 Å². The van der Waals surface area contributed by atoms with Gasteiger partial charge in [0.1, 0.15) is 0 Å². The summed E-state index contributed by atoms with van der Waals surface area (Å²) in [4.78, 5) is 12.0. The first-order chi connectivity index (χ1) is 9.86. The molecule has 1 aromatic carbocycles. The fourth-order valence-electron chi connectivity index (χ4n) is 2.67. The normalized spacial score (nSPS) is 20.3. The Kier molecular flexibility index (Phi) is 5.04. The molecule has 0 aromatic heterocycles. The van der Waals surface area contributed by atoms with Crippen LogP contribution in [-0.4, -0.2) is 18.6 Å². The lowest BCUT2D eigenvalue weighted by molar-refractivity contribution is -0.123. The smallest absolute Gasteiger partial charge is 0.223 e. The quantitative estimate of drug-likeness (QED) is 0.917. The third-order valence-electron chi connectivity index (χ3n) is 4.09. The highest BCUT2D eigenvalue weighted by Gasteiger charge is 2.20. The molecule has 1 saturated heterocycles. The second kappa shape index (κ2) is 6.61. The molecule has 0 aliphatic carbocycles. The average Bonchev–Trinajstić information content (AvgIpc) is 2.90. The number of ether oxygens (including phenoxy) is 1. The lowest BCUT2D eigenvalue weighted by Crippen LogP contribution is -2.29. The molecule has 0 radical (unpaired) electrons. The molecule has 2 rings (SSSR count). The first-order valence-electron chi connectivity index (χ1n) is 7.87. The number of carbonyl (C=O) groups excluding carboxylic acids is 1. The van der Waals surface area contributed by atoms with Gasteiger partial charge in [-0.05, 0) is 36.3 Å². The largest absolute Gasteiger partial charge is 0.378 e. The Morgan fingerprint density at radius 3 is 2.52 bits per heavy atom. The summed E-state index contributed by atoms with van der Waals surface area (Å²) in [6, 6.07) is 8.55. The maximum Gasteiger partial charge on any atom is 0.223 e. The number of nitrogens with one attached hydrogen (secondary N) is 1. The van der Waals surface area contributed by atoms with Crippen LogP contribution >= 0.6 is 0 Å². The summed E-state index contributed by atoms with van der Waals surface area (Å²) in [6.45, 7) is 9.43. The van der Waals surface area contributed by atoms with Gasteiger partial charge in [-0.1, -0.05) is 45.0 Å². The maximum absolute atomic E-state index is 12.0. The number of carbonyl (C=O) groups is 1. The van der Waals surface area contributed by atoms with Crippen LogP contribution in [0.3, 0.4) is 0 Å². The van der Waals surface area contributed by atoms with Crippen molar-refractivity contribution in [3.05, 3.63) is 35.4 Å². The highest BCUT2D eigenvalue weighted by Crippen LogP contribution is 2.24. The van der Waals surface area contributed by atoms with Crippen LogP contribution in [0.15, 0.2) is 24.3 Å². The van der Waals surface area contributed by atoms with Crippen LogP contribution in [0.4, 0.5) is 0 Å². The van der Waals surface area contributed by atoms with Crippen LogP contribution in [0, 0.1) is 0 Å². The summed E-state index contributed by atoms with van der Waals surface area (Å²) in [5.74, 6) is 0.0781. The van der Waals surface area contributed by atoms with Crippen molar-refractivity contribution in [2.45, 2.75) is 64.5 Å². The number of hydrogen-bond acceptors (Lipinski definition) is 2. The predicted octanol–water partition coefficient (Wildman–Crippen LogP) is 3.73. The number of rotatable bonds is 4. The van der Waals surface area contributed by atoms with Gasteiger partial charge in [0.2, 0.25) is 5.91 Å². The lowest BCUT2D eigenvalue weighted by Gasteiger charge is -2.21. The van der Waals surface area contributed by atoms with E-state index in [9.17, 15) is 4.79 Å². The molecule has 2 atom stereocenters. The molecule has 0 bridgehead atoms. The van der Waals surface area contributed by atoms with Gasteiger partial charge in [-0.25, -0.2) is 0 Å². The summed E-state index contributed by atoms with van der Waals surface area (Å²) in [7, 11) is 0. The van der Waals surface area contributed by atoms with Crippen LogP contribution in [0.5, 0.6) is 0 Å². The van der Waals surface area contributed by atoms with Gasteiger partial charge in [-0.3, -0.25) is 4.79 Å². The van der Waals surface area contributed by atoms with Crippen molar-refractivity contribution >= 4 is 5.91 Å². The molecule has 0 unspecified atom stereocenters. The van der Waals surface area contributed by atoms with Crippen molar-refractivity contribution in [2.75, 3.05) is 6.61 Å². The minimum absolute atomic E-state index is 0.0351. The van der Waals surface area contributed by atoms with Crippen molar-refractivity contribution in [3.63, 3.8) is 0 Å². The first kappa shape index (κ1) is 16.0. The van der Waals surface area contributed by atoms with E-state index < -0.39 is 0 Å². The molecule has 1 aromatic rings. The van der Waals surface area contributed by atoms with Gasteiger partial charge in [-0.2, -0.15) is 0 Å². The number of hydrogen-bond donors (Lipinski definition) is 1. The first-order valence-corrected chi connectivity index (χ1v) is 7.87. The van der Waals surface area contributed by atoms with Gasteiger partial charge in [0, 0.05) is 6.61 Å². The molecule has 116 valence electrons. The molecule has 1 amide bonds. The Bertz CT molecular complexity index is 467. The van der Waals surface area contributed by atoms with Gasteiger partial charge >= 0.3 is 0 Å². The van der Waals surface area contributed by atoms with Crippen molar-refractivity contribution in [1.29, 1.82) is 0 Å². The van der Waals surface area contributed by atoms with Crippen LogP contribution in [0.25, 0.3) is 0 Å². The zero-order valence-corrected chi connectivity index (χ0v) is 13.6. The summed E-state index contributed by atoms with van der Waals surface area (Å²) < 4.78 is 5.50. The molecule has 1 heterocycles. The van der Waals surface area contributed by atoms with Crippen molar-refractivity contribution in [2.24, 2.45) is 0 Å². The number of benzene rings is 1. The van der Waals surface area contributed by atoms with E-state index in [1.807, 2.05) is 6.92 Å². The topological polar surface area (TPSA) is 38.3 Å². The monoisotopic (exact) mass is 289 g/mol. The highest BCUT2D eigenvalue weighted by atomic mass is 16.5. The summed E-state index contributed by atoms with van der Waals surface area (Å²) in [5.41, 5.74) is 2.61. The standard InChI is InChI=1S/C18H27NO2/c1-13(19-17(20)12-16-6-5-11-21-16)14-7-9-15(10-8-14)18(2,3)4/h7-10,13,16H,5-6,11-12H2,1-4H3,(H,19,20)/t13-,16+/m0/s1. The van der Waals surface area contributed by atoms with Gasteiger partial charge < -0.3 is 10.1 Å². The Morgan fingerprint density at radius 2 is 2.00 bits per heavy atom. The Morgan fingerprint density at radius 1 is 1.33 bits per heavy atom. The molecule has 21 heavy (non-hydrogen) atoms. The van der Waals surface area contributed by atoms with Gasteiger partial charge in [0.25, 0.3) is 0 Å². The average molecular weight is 289 g/mol. The third-order valence-corrected chi connectivity index (χ3v) is 4.09. The van der Waals surface area contributed by atoms with E-state index in [1.165, 1.54) is 5.56 Å². The van der Waals surface area contributed by atoms with Gasteiger partial charge in [0.05, 0.1) is 18.6 Å². The van der Waals surface area contributed by atoms with Gasteiger partial charge in [-0.15, -0.1) is 0 Å². The molecular formula is C18H27NO2. The van der Waals surface area contributed by atoms with E-state index >= 15 is 0 Å². The fraction of sp³-hybridized carbons (Fsp3) is 0.611. The molecular weight excluding hydrogens is 262 g/mol. The summed E-state index contributed by atoms with van der Waals surface area (Å²) >= 11 is 0. The van der Waals surface area contributed by atoms with E-state index in [0.717, 1.165) is 25.0 Å². The minimum atomic E-state index is 0.0351. The molecule has 1 N–H and O–H groups in total. The van der Waals surface area contributed by atoms with Crippen molar-refractivity contribution < 1.29 is 9.53 Å². The van der Waals surface area contributed by atoms with E-state index in [4.69, 9.17) is 4.74 Å². The van der Waals surface area contributed by atoms with Crippen LogP contribution < -0.4 is 5.32 Å². The zero-order valence-electron chi connectivity index (χ0n) is 13.6. The molecule has 1 fully saturated rings. The molecule has 1 aliphatic rings. The van der Waals surface area contributed by atoms with Crippen molar-refractivity contribution in [3.8, 4) is 0 Å². The number of amides is 1. The Hall–Kier alpha value is -1.35. The summed E-state index contributed by atoms with van der Waals surface area (Å²) in [5, 5.41) is 3.06. The Labute approximate surface area is 128 Å². The van der Waals surface area contributed by atoms with Crippen LogP contribution in [0.2, 0.25) is 0 Å². The zero-order chi connectivity index (χ0) is 15.5. The van der Waals surface area contributed by atoms with Crippen LogP contribution in [0.1, 0.15) is 64.1 Å². The molecule has 0 spiro atoms. The predicted molar refractivity (Wildman–Crippen MR) is 85.3 cm³/mol. The van der Waals surface area contributed by atoms with Crippen molar-refractivity contribution in [1.82, 2.24) is 5.32 Å². The fourth-order valence-corrected chi connectivity index (χ4v) is 2.67. The van der Waals surface area contributed by atoms with E-state index in [2.05, 4.69) is 50.4 Å². The molecule has 3 nitrogen and oxygen atoms in total. The molecule has 0 saturated carbocycles. The van der Waals surface area contributed by atoms with E-state index in [0.29, 0.717) is 6.42 Å². The maximum atomic E-state index is 12.0. The SMILES string of the molecule is C[C@H](NC(=O)C[C@H]1CCCO1)c1ccc(C(C)(C)C)cc1. The second-order valence-corrected chi connectivity index (χ2v) is 7.00. The third kappa shape index (κ3) is 4.57. The Balaban J connectivity index is 1.90. The molecule has 1 aliphatic heterocycles. The van der Waals surface area contributed by atoms with E-state index in [1.54, 1.807) is 0 Å². The van der Waals surface area contributed by atoms with Gasteiger partial charge in [0.15, 0.2) is 0 Å². The molecule has 3 heteroatoms. The van der Waals surface area contributed by atoms with E-state index in [-0.39, 0.29) is 23.5 Å².